The van der Waals surface area contributed by atoms with Crippen molar-refractivity contribution in [3.63, 3.8) is 0 Å². The molecule has 18 heavy (non-hydrogen) atoms. The number of nitrogens with zero attached hydrogens (tertiary/aromatic N) is 1. The van der Waals surface area contributed by atoms with Gasteiger partial charge in [0.25, 0.3) is 5.56 Å². The molecule has 2 aromatic rings. The SMILES string of the molecule is NNOC(=O)CCn1c(=O)ccc2ccccc21. The summed E-state index contributed by atoms with van der Waals surface area (Å²) in [4.78, 5) is 27.3. The van der Waals surface area contributed by atoms with Gasteiger partial charge in [0.05, 0.1) is 11.9 Å². The molecule has 0 bridgehead atoms. The van der Waals surface area contributed by atoms with Gasteiger partial charge in [0, 0.05) is 12.6 Å². The van der Waals surface area contributed by atoms with Gasteiger partial charge in [-0.25, -0.2) is 5.84 Å². The van der Waals surface area contributed by atoms with Gasteiger partial charge < -0.3 is 9.40 Å². The molecule has 0 aliphatic rings. The Balaban J connectivity index is 2.29. The van der Waals surface area contributed by atoms with Crippen molar-refractivity contribution in [1.29, 1.82) is 0 Å². The van der Waals surface area contributed by atoms with Gasteiger partial charge in [0.1, 0.15) is 0 Å². The maximum absolute atomic E-state index is 11.8. The van der Waals surface area contributed by atoms with Crippen LogP contribution in [0.15, 0.2) is 41.2 Å². The molecular formula is C12H13N3O3. The van der Waals surface area contributed by atoms with Gasteiger partial charge in [-0.15, -0.1) is 0 Å². The molecule has 0 radical (unpaired) electrons. The number of rotatable bonds is 4. The number of hydrazine groups is 1. The van der Waals surface area contributed by atoms with Gasteiger partial charge in [0.15, 0.2) is 0 Å². The summed E-state index contributed by atoms with van der Waals surface area (Å²) in [6.45, 7) is 0.251. The van der Waals surface area contributed by atoms with Crippen LogP contribution < -0.4 is 17.0 Å². The van der Waals surface area contributed by atoms with Crippen LogP contribution in [0.4, 0.5) is 0 Å². The third-order valence-corrected chi connectivity index (χ3v) is 2.61. The summed E-state index contributed by atoms with van der Waals surface area (Å²) >= 11 is 0. The minimum absolute atomic E-state index is 0.0676. The lowest BCUT2D eigenvalue weighted by Crippen LogP contribution is -2.28. The molecule has 3 N–H and O–H groups in total. The first-order chi connectivity index (χ1) is 8.72. The lowest BCUT2D eigenvalue weighted by atomic mass is 10.2. The fourth-order valence-electron chi connectivity index (χ4n) is 1.79. The second-order valence-corrected chi connectivity index (χ2v) is 3.72. The molecule has 6 heteroatoms. The number of aryl methyl sites for hydroxylation is 1. The van der Waals surface area contributed by atoms with Crippen molar-refractivity contribution < 1.29 is 9.63 Å². The van der Waals surface area contributed by atoms with Crippen LogP contribution in [-0.4, -0.2) is 10.5 Å². The van der Waals surface area contributed by atoms with E-state index in [1.807, 2.05) is 29.9 Å². The maximum Gasteiger partial charge on any atom is 0.328 e. The predicted octanol–water partition coefficient (Wildman–Crippen LogP) is 0.313. The van der Waals surface area contributed by atoms with Crippen molar-refractivity contribution in [2.75, 3.05) is 0 Å². The average Bonchev–Trinajstić information content (AvgIpc) is 2.38. The molecule has 1 heterocycles. The van der Waals surface area contributed by atoms with E-state index in [1.54, 1.807) is 6.07 Å². The second kappa shape index (κ2) is 5.44. The fourth-order valence-corrected chi connectivity index (χ4v) is 1.79. The molecule has 0 amide bonds. The summed E-state index contributed by atoms with van der Waals surface area (Å²) in [6.07, 6.45) is 0.0676. The van der Waals surface area contributed by atoms with Crippen LogP contribution in [0.25, 0.3) is 10.9 Å². The van der Waals surface area contributed by atoms with Crippen LogP contribution in [0.5, 0.6) is 0 Å². The summed E-state index contributed by atoms with van der Waals surface area (Å²) in [5.74, 6) is 4.34. The molecule has 2 rings (SSSR count). The zero-order chi connectivity index (χ0) is 13.0. The van der Waals surface area contributed by atoms with Crippen LogP contribution >= 0.6 is 0 Å². The number of para-hydroxylation sites is 1. The second-order valence-electron chi connectivity index (χ2n) is 3.72. The van der Waals surface area contributed by atoms with Crippen molar-refractivity contribution in [2.45, 2.75) is 13.0 Å². The average molecular weight is 247 g/mol. The summed E-state index contributed by atoms with van der Waals surface area (Å²) < 4.78 is 1.53. The quantitative estimate of drug-likeness (QED) is 0.600. The highest BCUT2D eigenvalue weighted by Crippen LogP contribution is 2.11. The predicted molar refractivity (Wildman–Crippen MR) is 66.2 cm³/mol. The van der Waals surface area contributed by atoms with Crippen LogP contribution in [0, 0.1) is 0 Å². The van der Waals surface area contributed by atoms with E-state index in [2.05, 4.69) is 4.84 Å². The van der Waals surface area contributed by atoms with Crippen LogP contribution in [0.3, 0.4) is 0 Å². The highest BCUT2D eigenvalue weighted by Gasteiger charge is 2.06. The minimum Gasteiger partial charge on any atom is -0.356 e. The number of carbonyl (C=O) groups is 1. The molecule has 0 saturated heterocycles. The molecule has 94 valence electrons. The number of carbonyl (C=O) groups excluding carboxylic acids is 1. The molecule has 0 unspecified atom stereocenters. The number of hydrogen-bond donors (Lipinski definition) is 2. The van der Waals surface area contributed by atoms with Gasteiger partial charge in [0.2, 0.25) is 0 Å². The molecule has 0 atom stereocenters. The molecule has 0 saturated carbocycles. The Kier molecular flexibility index (Phi) is 3.71. The largest absolute Gasteiger partial charge is 0.356 e. The number of pyridine rings is 1. The maximum atomic E-state index is 11.8. The van der Waals surface area contributed by atoms with Gasteiger partial charge in [-0.1, -0.05) is 23.8 Å². The standard InChI is InChI=1S/C12H13N3O3/c13-14-18-12(17)7-8-15-10-4-2-1-3-9(10)5-6-11(15)16/h1-6,14H,7-8,13H2. The van der Waals surface area contributed by atoms with Crippen molar-refractivity contribution in [3.8, 4) is 0 Å². The van der Waals surface area contributed by atoms with Gasteiger partial charge in [-0.3, -0.25) is 9.59 Å². The molecule has 0 aliphatic carbocycles. The fraction of sp³-hybridized carbons (Fsp3) is 0.167. The van der Waals surface area contributed by atoms with Crippen molar-refractivity contribution in [2.24, 2.45) is 5.84 Å². The van der Waals surface area contributed by atoms with E-state index in [9.17, 15) is 9.59 Å². The normalized spacial score (nSPS) is 10.5. The van der Waals surface area contributed by atoms with E-state index in [0.29, 0.717) is 0 Å². The van der Waals surface area contributed by atoms with E-state index in [-0.39, 0.29) is 18.5 Å². The van der Waals surface area contributed by atoms with Gasteiger partial charge >= 0.3 is 5.97 Å². The molecule has 0 fully saturated rings. The number of hydrogen-bond acceptors (Lipinski definition) is 5. The Morgan fingerprint density at radius 1 is 1.28 bits per heavy atom. The zero-order valence-corrected chi connectivity index (χ0v) is 9.63. The number of benzene rings is 1. The Labute approximate surface area is 103 Å². The molecule has 0 spiro atoms. The highest BCUT2D eigenvalue weighted by molar-refractivity contribution is 5.79. The molecular weight excluding hydrogens is 234 g/mol. The lowest BCUT2D eigenvalue weighted by molar-refractivity contribution is -0.151. The topological polar surface area (TPSA) is 86.3 Å². The lowest BCUT2D eigenvalue weighted by Gasteiger charge is -2.09. The number of nitrogens with two attached hydrogens (primary N) is 1. The first-order valence-electron chi connectivity index (χ1n) is 5.46. The number of aromatic nitrogens is 1. The summed E-state index contributed by atoms with van der Waals surface area (Å²) in [5, 5.41) is 0.947. The van der Waals surface area contributed by atoms with E-state index in [1.165, 1.54) is 10.6 Å². The Morgan fingerprint density at radius 3 is 2.83 bits per heavy atom. The smallest absolute Gasteiger partial charge is 0.328 e. The monoisotopic (exact) mass is 247 g/mol. The van der Waals surface area contributed by atoms with Gasteiger partial charge in [-0.05, 0) is 17.5 Å². The van der Waals surface area contributed by atoms with Crippen LogP contribution in [0.1, 0.15) is 6.42 Å². The van der Waals surface area contributed by atoms with E-state index in [0.717, 1.165) is 10.9 Å². The minimum atomic E-state index is -0.516. The van der Waals surface area contributed by atoms with Crippen LogP contribution in [0.2, 0.25) is 0 Å². The van der Waals surface area contributed by atoms with Crippen LogP contribution in [-0.2, 0) is 16.2 Å². The third-order valence-electron chi connectivity index (χ3n) is 2.61. The Hall–Kier alpha value is -2.18. The Bertz CT molecular complexity index is 621. The third kappa shape index (κ3) is 2.55. The summed E-state index contributed by atoms with van der Waals surface area (Å²) in [5.41, 5.74) is 2.46. The molecule has 1 aromatic carbocycles. The number of nitrogens with one attached hydrogen (secondary N) is 1. The van der Waals surface area contributed by atoms with E-state index >= 15 is 0 Å². The molecule has 1 aromatic heterocycles. The first kappa shape index (κ1) is 12.3. The molecule has 0 aliphatic heterocycles. The van der Waals surface area contributed by atoms with Crippen molar-refractivity contribution in [3.05, 3.63) is 46.8 Å². The highest BCUT2D eigenvalue weighted by atomic mass is 16.7. The Morgan fingerprint density at radius 2 is 2.06 bits per heavy atom. The molecule has 6 nitrogen and oxygen atoms in total. The number of fused-ring (bicyclic) bond motifs is 1. The summed E-state index contributed by atoms with van der Waals surface area (Å²) in [7, 11) is 0. The summed E-state index contributed by atoms with van der Waals surface area (Å²) in [6, 6.07) is 10.7. The van der Waals surface area contributed by atoms with E-state index < -0.39 is 5.97 Å². The van der Waals surface area contributed by atoms with E-state index in [4.69, 9.17) is 5.84 Å². The zero-order valence-electron chi connectivity index (χ0n) is 9.63. The van der Waals surface area contributed by atoms with Gasteiger partial charge in [-0.2, -0.15) is 0 Å². The van der Waals surface area contributed by atoms with Crippen molar-refractivity contribution in [1.82, 2.24) is 10.2 Å². The van der Waals surface area contributed by atoms with Crippen molar-refractivity contribution >= 4 is 16.9 Å². The first-order valence-corrected chi connectivity index (χ1v) is 5.46.